The highest BCUT2D eigenvalue weighted by Gasteiger charge is 2.19. The smallest absolute Gasteiger partial charge is 0.204 e. The summed E-state index contributed by atoms with van der Waals surface area (Å²) in [5.41, 5.74) is 1.69. The Bertz CT molecular complexity index is 1090. The van der Waals surface area contributed by atoms with E-state index in [0.29, 0.717) is 39.3 Å². The Balaban J connectivity index is 1.98. The molecule has 0 amide bonds. The number of rotatable bonds is 7. The molecule has 0 N–H and O–H groups in total. The van der Waals surface area contributed by atoms with Crippen molar-refractivity contribution in [1.29, 1.82) is 0 Å². The molecule has 0 saturated carbocycles. The second-order valence-electron chi connectivity index (χ2n) is 6.01. The lowest BCUT2D eigenvalue weighted by molar-refractivity contribution is 0.104. The summed E-state index contributed by atoms with van der Waals surface area (Å²) in [4.78, 5) is 17.2. The third-order valence-electron chi connectivity index (χ3n) is 4.39. The lowest BCUT2D eigenvalue weighted by atomic mass is 10.1. The van der Waals surface area contributed by atoms with Crippen LogP contribution in [-0.2, 0) is 0 Å². The highest BCUT2D eigenvalue weighted by atomic mass is 35.5. The van der Waals surface area contributed by atoms with E-state index in [-0.39, 0.29) is 5.78 Å². The first-order chi connectivity index (χ1) is 14.0. The summed E-state index contributed by atoms with van der Waals surface area (Å²) in [5, 5.41) is 1.15. The number of ether oxygens (including phenoxy) is 4. The van der Waals surface area contributed by atoms with Gasteiger partial charge in [0.05, 0.1) is 39.5 Å². The van der Waals surface area contributed by atoms with Gasteiger partial charge in [-0.25, -0.2) is 4.98 Å². The van der Waals surface area contributed by atoms with Crippen LogP contribution in [0.5, 0.6) is 23.0 Å². The van der Waals surface area contributed by atoms with Crippen LogP contribution in [0.1, 0.15) is 15.9 Å². The van der Waals surface area contributed by atoms with Crippen LogP contribution >= 0.6 is 11.6 Å². The minimum atomic E-state index is -0.274. The van der Waals surface area contributed by atoms with E-state index in [1.807, 2.05) is 24.3 Å². The Kier molecular flexibility index (Phi) is 6.24. The summed E-state index contributed by atoms with van der Waals surface area (Å²) in [7, 11) is 6.07. The van der Waals surface area contributed by atoms with Crippen molar-refractivity contribution >= 4 is 34.4 Å². The van der Waals surface area contributed by atoms with Gasteiger partial charge in [-0.05, 0) is 48.6 Å². The second kappa shape index (κ2) is 8.84. The molecule has 29 heavy (non-hydrogen) atoms. The van der Waals surface area contributed by atoms with Gasteiger partial charge in [0.15, 0.2) is 17.3 Å². The lowest BCUT2D eigenvalue weighted by Crippen LogP contribution is -2.03. The van der Waals surface area contributed by atoms with E-state index >= 15 is 0 Å². The molecule has 0 saturated heterocycles. The SMILES string of the molecule is COc1ccc2nc(Cl)c(/C=C/C(=O)c3ccc(OC)c(OC)c3OC)cc2c1. The zero-order valence-electron chi connectivity index (χ0n) is 16.5. The Hall–Kier alpha value is -3.25. The summed E-state index contributed by atoms with van der Waals surface area (Å²) >= 11 is 6.29. The number of fused-ring (bicyclic) bond motifs is 1. The Morgan fingerprint density at radius 2 is 1.69 bits per heavy atom. The van der Waals surface area contributed by atoms with Crippen LogP contribution in [0.2, 0.25) is 5.15 Å². The number of hydrogen-bond acceptors (Lipinski definition) is 6. The number of hydrogen-bond donors (Lipinski definition) is 0. The van der Waals surface area contributed by atoms with E-state index in [4.69, 9.17) is 30.5 Å². The van der Waals surface area contributed by atoms with Crippen LogP contribution in [0, 0.1) is 0 Å². The molecule has 3 rings (SSSR count). The van der Waals surface area contributed by atoms with Crippen molar-refractivity contribution in [3.05, 3.63) is 58.8 Å². The van der Waals surface area contributed by atoms with Crippen LogP contribution in [0.15, 0.2) is 42.5 Å². The van der Waals surface area contributed by atoms with Crippen molar-refractivity contribution in [2.45, 2.75) is 0 Å². The molecule has 0 unspecified atom stereocenters. The largest absolute Gasteiger partial charge is 0.497 e. The summed E-state index contributed by atoms with van der Waals surface area (Å²) in [5.74, 6) is 1.56. The van der Waals surface area contributed by atoms with E-state index in [1.54, 1.807) is 25.3 Å². The van der Waals surface area contributed by atoms with Crippen molar-refractivity contribution in [3.63, 3.8) is 0 Å². The molecule has 0 aliphatic carbocycles. The standard InChI is InChI=1S/C22H20ClNO5/c1-26-15-6-8-17-14(12-15)11-13(22(23)24-17)5-9-18(25)16-7-10-19(27-2)21(29-4)20(16)28-3/h5-12H,1-4H3/b9-5+. The normalized spacial score (nSPS) is 10.9. The van der Waals surface area contributed by atoms with Crippen LogP contribution in [0.3, 0.4) is 0 Å². The van der Waals surface area contributed by atoms with Crippen molar-refractivity contribution in [2.24, 2.45) is 0 Å². The number of nitrogens with zero attached hydrogens (tertiary/aromatic N) is 1. The zero-order valence-corrected chi connectivity index (χ0v) is 17.2. The minimum absolute atomic E-state index is 0.274. The fourth-order valence-corrected chi connectivity index (χ4v) is 3.15. The monoisotopic (exact) mass is 413 g/mol. The number of methoxy groups -OCH3 is 4. The number of carbonyl (C=O) groups is 1. The second-order valence-corrected chi connectivity index (χ2v) is 6.36. The number of benzene rings is 2. The van der Waals surface area contributed by atoms with Crippen LogP contribution < -0.4 is 18.9 Å². The van der Waals surface area contributed by atoms with Crippen molar-refractivity contribution < 1.29 is 23.7 Å². The van der Waals surface area contributed by atoms with Gasteiger partial charge in [-0.15, -0.1) is 0 Å². The van der Waals surface area contributed by atoms with Crippen molar-refractivity contribution in [2.75, 3.05) is 28.4 Å². The number of allylic oxidation sites excluding steroid dienone is 1. The highest BCUT2D eigenvalue weighted by molar-refractivity contribution is 6.31. The maximum Gasteiger partial charge on any atom is 0.204 e. The summed E-state index contributed by atoms with van der Waals surface area (Å²) in [6.07, 6.45) is 3.03. The summed E-state index contributed by atoms with van der Waals surface area (Å²) in [6, 6.07) is 10.6. The van der Waals surface area contributed by atoms with Gasteiger partial charge in [0.2, 0.25) is 5.75 Å². The molecular formula is C22H20ClNO5. The molecule has 150 valence electrons. The van der Waals surface area contributed by atoms with E-state index in [2.05, 4.69) is 4.98 Å². The van der Waals surface area contributed by atoms with Crippen molar-refractivity contribution in [3.8, 4) is 23.0 Å². The maximum absolute atomic E-state index is 12.8. The van der Waals surface area contributed by atoms with Gasteiger partial charge < -0.3 is 18.9 Å². The Labute approximate surface area is 173 Å². The Morgan fingerprint density at radius 1 is 0.931 bits per heavy atom. The van der Waals surface area contributed by atoms with E-state index < -0.39 is 0 Å². The highest BCUT2D eigenvalue weighted by Crippen LogP contribution is 2.40. The molecule has 0 spiro atoms. The first-order valence-corrected chi connectivity index (χ1v) is 9.05. The van der Waals surface area contributed by atoms with Gasteiger partial charge in [-0.3, -0.25) is 4.79 Å². The molecule has 1 heterocycles. The number of carbonyl (C=O) groups excluding carboxylic acids is 1. The van der Waals surface area contributed by atoms with Crippen molar-refractivity contribution in [1.82, 2.24) is 4.98 Å². The Morgan fingerprint density at radius 3 is 2.34 bits per heavy atom. The summed E-state index contributed by atoms with van der Waals surface area (Å²) in [6.45, 7) is 0. The van der Waals surface area contributed by atoms with Crippen LogP contribution in [0.25, 0.3) is 17.0 Å². The number of pyridine rings is 1. The molecule has 6 nitrogen and oxygen atoms in total. The average Bonchev–Trinajstić information content (AvgIpc) is 2.75. The van der Waals surface area contributed by atoms with Gasteiger partial charge in [-0.2, -0.15) is 0 Å². The topological polar surface area (TPSA) is 66.9 Å². The molecule has 3 aromatic rings. The quantitative estimate of drug-likeness (QED) is 0.314. The predicted molar refractivity (Wildman–Crippen MR) is 113 cm³/mol. The average molecular weight is 414 g/mol. The molecule has 0 aliphatic heterocycles. The fraction of sp³-hybridized carbons (Fsp3) is 0.182. The van der Waals surface area contributed by atoms with Crippen LogP contribution in [0.4, 0.5) is 0 Å². The van der Waals surface area contributed by atoms with E-state index in [9.17, 15) is 4.79 Å². The molecule has 7 heteroatoms. The number of aromatic nitrogens is 1. The molecule has 2 aromatic carbocycles. The number of halogens is 1. The molecule has 0 fully saturated rings. The van der Waals surface area contributed by atoms with Gasteiger partial charge in [0.1, 0.15) is 10.9 Å². The summed E-state index contributed by atoms with van der Waals surface area (Å²) < 4.78 is 21.2. The van der Waals surface area contributed by atoms with E-state index in [0.717, 1.165) is 10.9 Å². The molecule has 1 aromatic heterocycles. The molecule has 0 aliphatic rings. The fourth-order valence-electron chi connectivity index (χ4n) is 2.94. The van der Waals surface area contributed by atoms with Gasteiger partial charge >= 0.3 is 0 Å². The zero-order chi connectivity index (χ0) is 21.0. The third-order valence-corrected chi connectivity index (χ3v) is 4.69. The predicted octanol–water partition coefficient (Wildman–Crippen LogP) is 4.82. The maximum atomic E-state index is 12.8. The first-order valence-electron chi connectivity index (χ1n) is 8.68. The molecule has 0 atom stereocenters. The van der Waals surface area contributed by atoms with Gasteiger partial charge in [0, 0.05) is 10.9 Å². The third kappa shape index (κ3) is 4.12. The van der Waals surface area contributed by atoms with Gasteiger partial charge in [0.25, 0.3) is 0 Å². The van der Waals surface area contributed by atoms with Gasteiger partial charge in [-0.1, -0.05) is 11.6 Å². The van der Waals surface area contributed by atoms with Crippen LogP contribution in [-0.4, -0.2) is 39.2 Å². The molecular weight excluding hydrogens is 394 g/mol. The number of ketones is 1. The lowest BCUT2D eigenvalue weighted by Gasteiger charge is -2.14. The minimum Gasteiger partial charge on any atom is -0.497 e. The molecule has 0 bridgehead atoms. The van der Waals surface area contributed by atoms with E-state index in [1.165, 1.54) is 27.4 Å². The molecule has 0 radical (unpaired) electrons. The first kappa shape index (κ1) is 20.5.